The van der Waals surface area contributed by atoms with Gasteiger partial charge in [0.2, 0.25) is 0 Å². The van der Waals surface area contributed by atoms with Crippen molar-refractivity contribution in [1.29, 1.82) is 0 Å². The molecule has 3 rings (SSSR count). The van der Waals surface area contributed by atoms with Crippen LogP contribution in [0.4, 0.5) is 0 Å². The number of benzene rings is 1. The van der Waals surface area contributed by atoms with Crippen molar-refractivity contribution < 1.29 is 4.74 Å². The summed E-state index contributed by atoms with van der Waals surface area (Å²) < 4.78 is 7.18. The lowest BCUT2D eigenvalue weighted by molar-refractivity contribution is 0.415. The van der Waals surface area contributed by atoms with Gasteiger partial charge in [-0.05, 0) is 24.3 Å². The van der Waals surface area contributed by atoms with Gasteiger partial charge in [-0.15, -0.1) is 0 Å². The Balaban J connectivity index is 2.24. The number of halogens is 1. The number of nitrogens with zero attached hydrogens (tertiary/aromatic N) is 2. The highest BCUT2D eigenvalue weighted by molar-refractivity contribution is 6.30. The van der Waals surface area contributed by atoms with Crippen LogP contribution in [0.3, 0.4) is 0 Å². The molecule has 1 aromatic carbocycles. The van der Waals surface area contributed by atoms with E-state index in [0.717, 1.165) is 28.3 Å². The number of hydrogen-bond acceptors (Lipinski definition) is 3. The molecule has 0 aliphatic carbocycles. The van der Waals surface area contributed by atoms with Gasteiger partial charge in [-0.3, -0.25) is 0 Å². The molecule has 0 radical (unpaired) electrons. The van der Waals surface area contributed by atoms with Crippen molar-refractivity contribution in [2.24, 2.45) is 5.73 Å². The van der Waals surface area contributed by atoms with Crippen molar-refractivity contribution in [2.75, 3.05) is 7.11 Å². The van der Waals surface area contributed by atoms with Gasteiger partial charge in [0, 0.05) is 18.3 Å². The monoisotopic (exact) mass is 287 g/mol. The number of ether oxygens (including phenoxy) is 1. The Labute approximate surface area is 121 Å². The van der Waals surface area contributed by atoms with Crippen LogP contribution in [-0.2, 0) is 6.54 Å². The third kappa shape index (κ3) is 2.13. The molecule has 3 aromatic rings. The van der Waals surface area contributed by atoms with Gasteiger partial charge in [0.1, 0.15) is 11.4 Å². The van der Waals surface area contributed by atoms with E-state index >= 15 is 0 Å². The Morgan fingerprint density at radius 3 is 2.90 bits per heavy atom. The van der Waals surface area contributed by atoms with E-state index in [1.807, 2.05) is 47.0 Å². The highest BCUT2D eigenvalue weighted by atomic mass is 35.5. The average molecular weight is 288 g/mol. The normalized spacial score (nSPS) is 10.9. The molecule has 2 heterocycles. The SMILES string of the molecule is COc1cccc(-c2nc3ccc(Cl)cn3c2CN)c1. The Kier molecular flexibility index (Phi) is 3.34. The van der Waals surface area contributed by atoms with Crippen LogP contribution in [0, 0.1) is 0 Å². The summed E-state index contributed by atoms with van der Waals surface area (Å²) in [6.07, 6.45) is 1.83. The lowest BCUT2D eigenvalue weighted by Crippen LogP contribution is -2.02. The summed E-state index contributed by atoms with van der Waals surface area (Å²) in [4.78, 5) is 4.64. The summed E-state index contributed by atoms with van der Waals surface area (Å²) in [6.45, 7) is 0.383. The molecule has 5 heteroatoms. The lowest BCUT2D eigenvalue weighted by Gasteiger charge is -2.04. The van der Waals surface area contributed by atoms with Crippen molar-refractivity contribution in [3.63, 3.8) is 0 Å². The van der Waals surface area contributed by atoms with Crippen LogP contribution in [-0.4, -0.2) is 16.5 Å². The van der Waals surface area contributed by atoms with Crippen LogP contribution >= 0.6 is 11.6 Å². The van der Waals surface area contributed by atoms with Crippen LogP contribution in [0.2, 0.25) is 5.02 Å². The zero-order chi connectivity index (χ0) is 14.1. The maximum atomic E-state index is 6.04. The van der Waals surface area contributed by atoms with Crippen LogP contribution in [0.1, 0.15) is 5.69 Å². The molecule has 0 saturated carbocycles. The average Bonchev–Trinajstić information content (AvgIpc) is 2.85. The molecular weight excluding hydrogens is 274 g/mol. The number of nitrogens with two attached hydrogens (primary N) is 1. The summed E-state index contributed by atoms with van der Waals surface area (Å²) >= 11 is 6.04. The number of imidazole rings is 1. The predicted molar refractivity (Wildman–Crippen MR) is 80.1 cm³/mol. The quantitative estimate of drug-likeness (QED) is 0.805. The van der Waals surface area contributed by atoms with Gasteiger partial charge >= 0.3 is 0 Å². The number of fused-ring (bicyclic) bond motifs is 1. The van der Waals surface area contributed by atoms with E-state index in [2.05, 4.69) is 4.98 Å². The fourth-order valence-electron chi connectivity index (χ4n) is 2.26. The van der Waals surface area contributed by atoms with Gasteiger partial charge in [-0.2, -0.15) is 0 Å². The highest BCUT2D eigenvalue weighted by Gasteiger charge is 2.13. The molecule has 0 spiro atoms. The fraction of sp³-hybridized carbons (Fsp3) is 0.133. The van der Waals surface area contributed by atoms with Crippen molar-refractivity contribution >= 4 is 17.2 Å². The first-order valence-corrected chi connectivity index (χ1v) is 6.61. The van der Waals surface area contributed by atoms with Crippen molar-refractivity contribution in [2.45, 2.75) is 6.54 Å². The minimum absolute atomic E-state index is 0.383. The van der Waals surface area contributed by atoms with Crippen LogP contribution in [0.5, 0.6) is 5.75 Å². The summed E-state index contributed by atoms with van der Waals surface area (Å²) in [5.74, 6) is 0.792. The van der Waals surface area contributed by atoms with E-state index < -0.39 is 0 Å². The molecule has 0 amide bonds. The predicted octanol–water partition coefficient (Wildman–Crippen LogP) is 3.12. The Morgan fingerprint density at radius 2 is 2.15 bits per heavy atom. The molecule has 0 saturated heterocycles. The Morgan fingerprint density at radius 1 is 1.30 bits per heavy atom. The van der Waals surface area contributed by atoms with Crippen molar-refractivity contribution in [3.8, 4) is 17.0 Å². The van der Waals surface area contributed by atoms with Crippen LogP contribution in [0.25, 0.3) is 16.9 Å². The summed E-state index contributed by atoms with van der Waals surface area (Å²) in [5.41, 5.74) is 9.47. The fourth-order valence-corrected chi connectivity index (χ4v) is 2.42. The van der Waals surface area contributed by atoms with Gasteiger partial charge in [-0.25, -0.2) is 4.98 Å². The second-order valence-electron chi connectivity index (χ2n) is 4.42. The zero-order valence-corrected chi connectivity index (χ0v) is 11.8. The minimum atomic E-state index is 0.383. The number of hydrogen-bond donors (Lipinski definition) is 1. The van der Waals surface area contributed by atoms with E-state index in [1.54, 1.807) is 7.11 Å². The molecule has 4 nitrogen and oxygen atoms in total. The molecule has 0 bridgehead atoms. The van der Waals surface area contributed by atoms with Gasteiger partial charge < -0.3 is 14.9 Å². The molecule has 0 unspecified atom stereocenters. The molecule has 0 aliphatic heterocycles. The van der Waals surface area contributed by atoms with E-state index in [4.69, 9.17) is 22.1 Å². The molecule has 0 atom stereocenters. The standard InChI is InChI=1S/C15H14ClN3O/c1-20-12-4-2-3-10(7-12)15-13(8-17)19-9-11(16)5-6-14(19)18-15/h2-7,9H,8,17H2,1H3. The van der Waals surface area contributed by atoms with E-state index in [1.165, 1.54) is 0 Å². The van der Waals surface area contributed by atoms with E-state index in [9.17, 15) is 0 Å². The molecular formula is C15H14ClN3O. The van der Waals surface area contributed by atoms with Crippen molar-refractivity contribution in [3.05, 3.63) is 53.3 Å². The molecule has 2 N–H and O–H groups in total. The Bertz CT molecular complexity index is 767. The van der Waals surface area contributed by atoms with Gasteiger partial charge in [0.05, 0.1) is 23.5 Å². The molecule has 2 aromatic heterocycles. The molecule has 0 aliphatic rings. The van der Waals surface area contributed by atoms with E-state index in [0.29, 0.717) is 11.6 Å². The topological polar surface area (TPSA) is 52.5 Å². The smallest absolute Gasteiger partial charge is 0.137 e. The largest absolute Gasteiger partial charge is 0.497 e. The first-order valence-electron chi connectivity index (χ1n) is 6.24. The maximum absolute atomic E-state index is 6.04. The first kappa shape index (κ1) is 13.0. The highest BCUT2D eigenvalue weighted by Crippen LogP contribution is 2.27. The lowest BCUT2D eigenvalue weighted by atomic mass is 10.1. The van der Waals surface area contributed by atoms with Crippen molar-refractivity contribution in [1.82, 2.24) is 9.38 Å². The van der Waals surface area contributed by atoms with Gasteiger partial charge in [-0.1, -0.05) is 23.7 Å². The maximum Gasteiger partial charge on any atom is 0.137 e. The van der Waals surface area contributed by atoms with Gasteiger partial charge in [0.15, 0.2) is 0 Å². The molecule has 20 heavy (non-hydrogen) atoms. The van der Waals surface area contributed by atoms with Gasteiger partial charge in [0.25, 0.3) is 0 Å². The second-order valence-corrected chi connectivity index (χ2v) is 4.86. The third-order valence-electron chi connectivity index (χ3n) is 3.22. The first-order chi connectivity index (χ1) is 9.72. The second kappa shape index (κ2) is 5.15. The number of aromatic nitrogens is 2. The molecule has 102 valence electrons. The summed E-state index contributed by atoms with van der Waals surface area (Å²) in [6, 6.07) is 11.5. The van der Waals surface area contributed by atoms with Crippen LogP contribution < -0.4 is 10.5 Å². The number of rotatable bonds is 3. The molecule has 0 fully saturated rings. The third-order valence-corrected chi connectivity index (χ3v) is 3.44. The number of pyridine rings is 1. The van der Waals surface area contributed by atoms with Crippen LogP contribution in [0.15, 0.2) is 42.6 Å². The van der Waals surface area contributed by atoms with E-state index in [-0.39, 0.29) is 0 Å². The zero-order valence-electron chi connectivity index (χ0n) is 11.0. The summed E-state index contributed by atoms with van der Waals surface area (Å²) in [5, 5.41) is 0.654. The number of methoxy groups -OCH3 is 1. The Hall–Kier alpha value is -2.04. The summed E-state index contributed by atoms with van der Waals surface area (Å²) in [7, 11) is 1.65. The minimum Gasteiger partial charge on any atom is -0.497 e.